The lowest BCUT2D eigenvalue weighted by Gasteiger charge is -2.26. The molecule has 2 heterocycles. The van der Waals surface area contributed by atoms with Crippen LogP contribution in [0.25, 0.3) is 0 Å². The molecule has 1 amide bonds. The number of benzene rings is 2. The highest BCUT2D eigenvalue weighted by Crippen LogP contribution is 2.44. The van der Waals surface area contributed by atoms with Crippen molar-refractivity contribution in [3.05, 3.63) is 58.6 Å². The third kappa shape index (κ3) is 4.36. The Morgan fingerprint density at radius 3 is 2.67 bits per heavy atom. The van der Waals surface area contributed by atoms with Gasteiger partial charge in [-0.15, -0.1) is 0 Å². The van der Waals surface area contributed by atoms with Crippen LogP contribution < -0.4 is 9.64 Å². The molecule has 6 nitrogen and oxygen atoms in total. The van der Waals surface area contributed by atoms with Gasteiger partial charge in [0.1, 0.15) is 5.75 Å². The van der Waals surface area contributed by atoms with Crippen LogP contribution in [0, 0.1) is 6.92 Å². The largest absolute Gasteiger partial charge is 0.495 e. The van der Waals surface area contributed by atoms with Gasteiger partial charge in [-0.2, -0.15) is 4.99 Å². The predicted molar refractivity (Wildman–Crippen MR) is 122 cm³/mol. The highest BCUT2D eigenvalue weighted by molar-refractivity contribution is 8.16. The molecule has 9 heteroatoms. The van der Waals surface area contributed by atoms with Crippen molar-refractivity contribution in [2.24, 2.45) is 4.99 Å². The summed E-state index contributed by atoms with van der Waals surface area (Å²) < 4.78 is 29.9. The Labute approximate surface area is 185 Å². The van der Waals surface area contributed by atoms with Crippen LogP contribution >= 0.6 is 23.4 Å². The summed E-state index contributed by atoms with van der Waals surface area (Å²) in [4.78, 5) is 18.9. The summed E-state index contributed by atoms with van der Waals surface area (Å²) in [5.74, 6) is 0.331. The van der Waals surface area contributed by atoms with Gasteiger partial charge in [0.25, 0.3) is 5.91 Å². The molecule has 0 aromatic heterocycles. The molecule has 2 fully saturated rings. The molecule has 0 radical (unpaired) electrons. The molecule has 30 heavy (non-hydrogen) atoms. The van der Waals surface area contributed by atoms with Crippen molar-refractivity contribution in [3.8, 4) is 5.75 Å². The summed E-state index contributed by atoms with van der Waals surface area (Å²) in [5.41, 5.74) is 2.62. The molecule has 0 unspecified atom stereocenters. The van der Waals surface area contributed by atoms with E-state index in [1.54, 1.807) is 23.1 Å². The van der Waals surface area contributed by atoms with Gasteiger partial charge in [0.05, 0.1) is 36.8 Å². The van der Waals surface area contributed by atoms with Gasteiger partial charge in [-0.25, -0.2) is 8.42 Å². The predicted octanol–water partition coefficient (Wildman–Crippen LogP) is 3.50. The van der Waals surface area contributed by atoms with E-state index in [4.69, 9.17) is 16.3 Å². The fraction of sp³-hybridized carbons (Fsp3) is 0.333. The number of carbonyl (C=O) groups is 1. The van der Waals surface area contributed by atoms with Gasteiger partial charge in [0.2, 0.25) is 0 Å². The van der Waals surface area contributed by atoms with Crippen LogP contribution in [0.1, 0.15) is 11.1 Å². The summed E-state index contributed by atoms with van der Waals surface area (Å²) in [6.07, 6.45) is 0.179. The number of amidine groups is 1. The average molecular weight is 465 g/mol. The average Bonchev–Trinajstić information content (AvgIpc) is 3.14. The van der Waals surface area contributed by atoms with Crippen molar-refractivity contribution in [2.75, 3.05) is 23.5 Å². The second kappa shape index (κ2) is 8.24. The minimum Gasteiger partial charge on any atom is -0.495 e. The van der Waals surface area contributed by atoms with E-state index in [0.717, 1.165) is 11.1 Å². The molecule has 158 valence electrons. The number of amides is 1. The number of aryl methyl sites for hydroxylation is 1. The Kier molecular flexibility index (Phi) is 5.83. The smallest absolute Gasteiger partial charge is 0.252 e. The molecule has 2 aromatic carbocycles. The molecule has 0 aliphatic carbocycles. The maximum Gasteiger partial charge on any atom is 0.252 e. The maximum atomic E-state index is 12.7. The number of hydrogen-bond acceptors (Lipinski definition) is 5. The first-order valence-electron chi connectivity index (χ1n) is 9.42. The number of fused-ring (bicyclic) bond motifs is 1. The van der Waals surface area contributed by atoms with E-state index in [1.165, 1.54) is 18.9 Å². The van der Waals surface area contributed by atoms with Gasteiger partial charge < -0.3 is 9.64 Å². The zero-order valence-electron chi connectivity index (χ0n) is 16.5. The summed E-state index contributed by atoms with van der Waals surface area (Å²) >= 11 is 7.54. The first kappa shape index (κ1) is 21.2. The summed E-state index contributed by atoms with van der Waals surface area (Å²) in [6, 6.07) is 12.6. The van der Waals surface area contributed by atoms with Crippen LogP contribution in [-0.4, -0.2) is 49.4 Å². The lowest BCUT2D eigenvalue weighted by atomic mass is 10.1. The Morgan fingerprint density at radius 2 is 1.97 bits per heavy atom. The number of sulfone groups is 1. The lowest BCUT2D eigenvalue weighted by Crippen LogP contribution is -2.38. The van der Waals surface area contributed by atoms with E-state index >= 15 is 0 Å². The number of anilines is 1. The summed E-state index contributed by atoms with van der Waals surface area (Å²) in [7, 11) is -1.62. The zero-order valence-corrected chi connectivity index (χ0v) is 18.9. The van der Waals surface area contributed by atoms with E-state index < -0.39 is 9.84 Å². The fourth-order valence-electron chi connectivity index (χ4n) is 3.72. The van der Waals surface area contributed by atoms with Crippen molar-refractivity contribution in [1.29, 1.82) is 0 Å². The van der Waals surface area contributed by atoms with E-state index in [9.17, 15) is 13.2 Å². The molecule has 2 aliphatic rings. The van der Waals surface area contributed by atoms with E-state index in [1.807, 2.05) is 31.2 Å². The number of rotatable bonds is 4. The first-order chi connectivity index (χ1) is 14.3. The molecule has 0 N–H and O–H groups in total. The molecular formula is C21H21ClN2O4S2. The quantitative estimate of drug-likeness (QED) is 0.689. The normalized spacial score (nSPS) is 23.6. The molecular weight excluding hydrogens is 444 g/mol. The highest BCUT2D eigenvalue weighted by Gasteiger charge is 2.50. The molecule has 0 spiro atoms. The van der Waals surface area contributed by atoms with Crippen LogP contribution in [0.4, 0.5) is 5.69 Å². The van der Waals surface area contributed by atoms with Gasteiger partial charge in [-0.1, -0.05) is 53.2 Å². The number of hydrogen-bond donors (Lipinski definition) is 0. The Hall–Kier alpha value is -2.03. The van der Waals surface area contributed by atoms with E-state index in [-0.39, 0.29) is 35.1 Å². The summed E-state index contributed by atoms with van der Waals surface area (Å²) in [6.45, 7) is 1.99. The van der Waals surface area contributed by atoms with Crippen molar-refractivity contribution < 1.29 is 17.9 Å². The van der Waals surface area contributed by atoms with Gasteiger partial charge in [-0.05, 0) is 30.7 Å². The first-order valence-corrected chi connectivity index (χ1v) is 12.5. The molecule has 2 aromatic rings. The lowest BCUT2D eigenvalue weighted by molar-refractivity contribution is -0.117. The number of aliphatic imine (C=N–C) groups is 1. The van der Waals surface area contributed by atoms with E-state index in [2.05, 4.69) is 4.99 Å². The van der Waals surface area contributed by atoms with Crippen molar-refractivity contribution in [1.82, 2.24) is 0 Å². The number of ether oxygens (including phenoxy) is 1. The highest BCUT2D eigenvalue weighted by atomic mass is 35.5. The van der Waals surface area contributed by atoms with Crippen molar-refractivity contribution >= 4 is 50.0 Å². The molecule has 4 rings (SSSR count). The molecule has 2 atom stereocenters. The third-order valence-corrected chi connectivity index (χ3v) is 8.61. The topological polar surface area (TPSA) is 76.0 Å². The second-order valence-corrected chi connectivity index (χ2v) is 11.2. The van der Waals surface area contributed by atoms with Crippen LogP contribution in [0.5, 0.6) is 5.75 Å². The second-order valence-electron chi connectivity index (χ2n) is 7.44. The van der Waals surface area contributed by atoms with Crippen molar-refractivity contribution in [3.63, 3.8) is 0 Å². The standard InChI is InChI=1S/C21H21ClN2O4S2/c1-13-3-5-14(6-4-13)9-20(25)23-21-24(16-10-15(22)7-8-18(16)28-2)17-11-30(26,27)12-19(17)29-21/h3-8,10,17,19H,9,11-12H2,1-2H3/t17-,19+/m0/s1. The molecule has 0 saturated carbocycles. The Morgan fingerprint density at radius 1 is 1.23 bits per heavy atom. The number of halogens is 1. The van der Waals surface area contributed by atoms with Crippen LogP contribution in [0.15, 0.2) is 47.5 Å². The third-order valence-electron chi connectivity index (χ3n) is 5.16. The molecule has 2 saturated heterocycles. The number of nitrogens with zero attached hydrogens (tertiary/aromatic N) is 2. The fourth-order valence-corrected chi connectivity index (χ4v) is 7.81. The van der Waals surface area contributed by atoms with Crippen LogP contribution in [0.3, 0.4) is 0 Å². The number of thioether (sulfide) groups is 1. The van der Waals surface area contributed by atoms with Crippen molar-refractivity contribution in [2.45, 2.75) is 24.6 Å². The molecule has 2 aliphatic heterocycles. The monoisotopic (exact) mass is 464 g/mol. The summed E-state index contributed by atoms with van der Waals surface area (Å²) in [5, 5.41) is 0.785. The number of methoxy groups -OCH3 is 1. The Balaban J connectivity index is 1.69. The number of carbonyl (C=O) groups excluding carboxylic acids is 1. The van der Waals surface area contributed by atoms with Crippen LogP contribution in [0.2, 0.25) is 5.02 Å². The van der Waals surface area contributed by atoms with Gasteiger partial charge in [0, 0.05) is 10.3 Å². The maximum absolute atomic E-state index is 12.7. The van der Waals surface area contributed by atoms with Gasteiger partial charge >= 0.3 is 0 Å². The molecule has 0 bridgehead atoms. The SMILES string of the molecule is COc1ccc(Cl)cc1N1C(=NC(=O)Cc2ccc(C)cc2)S[C@@H]2CS(=O)(=O)C[C@@H]21. The minimum absolute atomic E-state index is 0.00546. The van der Waals surface area contributed by atoms with E-state index in [0.29, 0.717) is 21.6 Å². The van der Waals surface area contributed by atoms with Gasteiger partial charge in [-0.3, -0.25) is 4.79 Å². The zero-order chi connectivity index (χ0) is 21.5. The minimum atomic E-state index is -3.16. The van der Waals surface area contributed by atoms with Crippen LogP contribution in [-0.2, 0) is 21.1 Å². The van der Waals surface area contributed by atoms with Gasteiger partial charge in [0.15, 0.2) is 15.0 Å². The Bertz CT molecular complexity index is 1120.